The van der Waals surface area contributed by atoms with E-state index < -0.39 is 5.91 Å². The van der Waals surface area contributed by atoms with Gasteiger partial charge in [0.25, 0.3) is 11.8 Å². The maximum atomic E-state index is 12.4. The van der Waals surface area contributed by atoms with E-state index in [0.717, 1.165) is 12.8 Å². The summed E-state index contributed by atoms with van der Waals surface area (Å²) in [5.41, 5.74) is 5.56. The van der Waals surface area contributed by atoms with Crippen molar-refractivity contribution in [2.24, 2.45) is 5.73 Å². The van der Waals surface area contributed by atoms with Crippen molar-refractivity contribution in [2.45, 2.75) is 18.9 Å². The van der Waals surface area contributed by atoms with Crippen molar-refractivity contribution in [2.75, 3.05) is 32.8 Å². The van der Waals surface area contributed by atoms with Gasteiger partial charge in [-0.25, -0.2) is 0 Å². The summed E-state index contributed by atoms with van der Waals surface area (Å²) in [6.45, 7) is 2.65. The van der Waals surface area contributed by atoms with E-state index in [1.807, 2.05) is 0 Å². The van der Waals surface area contributed by atoms with Crippen LogP contribution < -0.4 is 5.73 Å². The Hall–Kier alpha value is -1.93. The number of primary amides is 1. The Morgan fingerprint density at radius 1 is 1.17 bits per heavy atom. The van der Waals surface area contributed by atoms with Crippen molar-refractivity contribution < 1.29 is 19.1 Å². The van der Waals surface area contributed by atoms with Crippen LogP contribution in [0.3, 0.4) is 0 Å². The Kier molecular flexibility index (Phi) is 4.63. The van der Waals surface area contributed by atoms with Gasteiger partial charge in [-0.15, -0.1) is 11.3 Å². The van der Waals surface area contributed by atoms with Crippen LogP contribution in [0.15, 0.2) is 11.4 Å². The van der Waals surface area contributed by atoms with Crippen LogP contribution in [-0.2, 0) is 9.53 Å². The van der Waals surface area contributed by atoms with Crippen molar-refractivity contribution in [3.05, 3.63) is 21.9 Å². The number of piperazine rings is 1. The van der Waals surface area contributed by atoms with Crippen molar-refractivity contribution in [3.8, 4) is 0 Å². The zero-order valence-electron chi connectivity index (χ0n) is 12.7. The molecule has 2 aliphatic heterocycles. The fourth-order valence-corrected chi connectivity index (χ4v) is 3.70. The van der Waals surface area contributed by atoms with Gasteiger partial charge in [0.15, 0.2) is 0 Å². The normalized spacial score (nSPS) is 21.5. The molecule has 0 saturated carbocycles. The van der Waals surface area contributed by atoms with E-state index in [2.05, 4.69) is 0 Å². The van der Waals surface area contributed by atoms with Crippen LogP contribution >= 0.6 is 11.3 Å². The molecule has 0 aromatic carbocycles. The monoisotopic (exact) mass is 337 g/mol. The second-order valence-electron chi connectivity index (χ2n) is 5.68. The smallest absolute Gasteiger partial charge is 0.264 e. The molecule has 2 aliphatic rings. The molecular weight excluding hydrogens is 318 g/mol. The number of hydrogen-bond acceptors (Lipinski definition) is 5. The summed E-state index contributed by atoms with van der Waals surface area (Å²) in [5.74, 6) is -0.624. The van der Waals surface area contributed by atoms with Crippen LogP contribution in [0.1, 0.15) is 32.9 Å². The molecule has 7 nitrogen and oxygen atoms in total. The number of carbonyl (C=O) groups excluding carboxylic acids is 3. The quantitative estimate of drug-likeness (QED) is 0.859. The lowest BCUT2D eigenvalue weighted by Gasteiger charge is -2.35. The van der Waals surface area contributed by atoms with Crippen LogP contribution in [0.5, 0.6) is 0 Å². The average Bonchev–Trinajstić information content (AvgIpc) is 3.25. The molecule has 1 aromatic heterocycles. The first-order valence-electron chi connectivity index (χ1n) is 7.64. The predicted molar refractivity (Wildman–Crippen MR) is 84.3 cm³/mol. The van der Waals surface area contributed by atoms with E-state index in [-0.39, 0.29) is 17.9 Å². The van der Waals surface area contributed by atoms with E-state index in [9.17, 15) is 14.4 Å². The first-order valence-corrected chi connectivity index (χ1v) is 8.52. The summed E-state index contributed by atoms with van der Waals surface area (Å²) < 4.78 is 5.42. The van der Waals surface area contributed by atoms with Gasteiger partial charge in [0.1, 0.15) is 6.10 Å². The zero-order chi connectivity index (χ0) is 16.4. The van der Waals surface area contributed by atoms with Gasteiger partial charge < -0.3 is 20.3 Å². The maximum absolute atomic E-state index is 12.4. The van der Waals surface area contributed by atoms with Crippen LogP contribution in [0.4, 0.5) is 0 Å². The number of ether oxygens (including phenoxy) is 1. The Morgan fingerprint density at radius 3 is 2.43 bits per heavy atom. The van der Waals surface area contributed by atoms with Gasteiger partial charge in [-0.05, 0) is 18.9 Å². The number of nitrogens with zero attached hydrogens (tertiary/aromatic N) is 2. The SMILES string of the molecule is NC(=O)c1csc(C(=O)N2CCN(C(=O)C3CCCO3)CC2)c1. The summed E-state index contributed by atoms with van der Waals surface area (Å²) >= 11 is 1.21. The third-order valence-electron chi connectivity index (χ3n) is 4.18. The topological polar surface area (TPSA) is 92.9 Å². The number of nitrogens with two attached hydrogens (primary N) is 1. The second kappa shape index (κ2) is 6.67. The highest BCUT2D eigenvalue weighted by atomic mass is 32.1. The van der Waals surface area contributed by atoms with Gasteiger partial charge >= 0.3 is 0 Å². The lowest BCUT2D eigenvalue weighted by molar-refractivity contribution is -0.142. The Bertz CT molecular complexity index is 616. The van der Waals surface area contributed by atoms with Crippen LogP contribution in [0, 0.1) is 0 Å². The van der Waals surface area contributed by atoms with Gasteiger partial charge in [-0.3, -0.25) is 14.4 Å². The summed E-state index contributed by atoms with van der Waals surface area (Å²) in [4.78, 5) is 39.8. The molecule has 1 atom stereocenters. The standard InChI is InChI=1S/C15H19N3O4S/c16-13(19)10-8-12(23-9-10)15(21)18-5-3-17(4-6-18)14(20)11-2-1-7-22-11/h8-9,11H,1-7H2,(H2,16,19). The fourth-order valence-electron chi connectivity index (χ4n) is 2.84. The van der Waals surface area contributed by atoms with E-state index in [1.165, 1.54) is 17.4 Å². The fraction of sp³-hybridized carbons (Fsp3) is 0.533. The summed E-state index contributed by atoms with van der Waals surface area (Å²) in [7, 11) is 0. The first-order chi connectivity index (χ1) is 11.1. The zero-order valence-corrected chi connectivity index (χ0v) is 13.5. The summed E-state index contributed by atoms with van der Waals surface area (Å²) in [6, 6.07) is 1.53. The summed E-state index contributed by atoms with van der Waals surface area (Å²) in [6.07, 6.45) is 1.39. The molecule has 0 spiro atoms. The molecule has 1 unspecified atom stereocenters. The molecule has 2 saturated heterocycles. The number of carbonyl (C=O) groups is 3. The van der Waals surface area contributed by atoms with Crippen LogP contribution in [0.2, 0.25) is 0 Å². The molecule has 3 amide bonds. The molecule has 124 valence electrons. The largest absolute Gasteiger partial charge is 0.368 e. The number of thiophene rings is 1. The maximum Gasteiger partial charge on any atom is 0.264 e. The highest BCUT2D eigenvalue weighted by Crippen LogP contribution is 2.19. The van der Waals surface area contributed by atoms with E-state index in [1.54, 1.807) is 15.2 Å². The van der Waals surface area contributed by atoms with E-state index in [0.29, 0.717) is 43.2 Å². The number of hydrogen-bond donors (Lipinski definition) is 1. The minimum atomic E-state index is -0.535. The number of rotatable bonds is 3. The molecule has 23 heavy (non-hydrogen) atoms. The lowest BCUT2D eigenvalue weighted by Crippen LogP contribution is -2.52. The second-order valence-corrected chi connectivity index (χ2v) is 6.59. The predicted octanol–water partition coefficient (Wildman–Crippen LogP) is 0.310. The molecule has 0 radical (unpaired) electrons. The molecule has 1 aromatic rings. The molecular formula is C15H19N3O4S. The first kappa shape index (κ1) is 15.9. The van der Waals surface area contributed by atoms with Crippen LogP contribution in [0.25, 0.3) is 0 Å². The average molecular weight is 337 g/mol. The molecule has 3 rings (SSSR count). The van der Waals surface area contributed by atoms with Crippen molar-refractivity contribution in [1.82, 2.24) is 9.80 Å². The van der Waals surface area contributed by atoms with Crippen molar-refractivity contribution in [3.63, 3.8) is 0 Å². The highest BCUT2D eigenvalue weighted by Gasteiger charge is 2.31. The van der Waals surface area contributed by atoms with Gasteiger partial charge in [-0.2, -0.15) is 0 Å². The minimum absolute atomic E-state index is 0.0294. The molecule has 3 heterocycles. The van der Waals surface area contributed by atoms with Gasteiger partial charge in [0.05, 0.1) is 10.4 Å². The van der Waals surface area contributed by atoms with Crippen molar-refractivity contribution in [1.29, 1.82) is 0 Å². The van der Waals surface area contributed by atoms with Crippen LogP contribution in [-0.4, -0.2) is 66.4 Å². The van der Waals surface area contributed by atoms with Gasteiger partial charge in [-0.1, -0.05) is 0 Å². The van der Waals surface area contributed by atoms with Gasteiger partial charge in [0, 0.05) is 38.2 Å². The van der Waals surface area contributed by atoms with E-state index in [4.69, 9.17) is 10.5 Å². The molecule has 2 N–H and O–H groups in total. The molecule has 0 aliphatic carbocycles. The Morgan fingerprint density at radius 2 is 1.87 bits per heavy atom. The molecule has 0 bridgehead atoms. The third-order valence-corrected chi connectivity index (χ3v) is 5.10. The van der Waals surface area contributed by atoms with Gasteiger partial charge in [0.2, 0.25) is 5.91 Å². The highest BCUT2D eigenvalue weighted by molar-refractivity contribution is 7.12. The Balaban J connectivity index is 1.56. The number of amides is 3. The Labute approximate surface area is 138 Å². The molecule has 2 fully saturated rings. The minimum Gasteiger partial charge on any atom is -0.368 e. The van der Waals surface area contributed by atoms with E-state index >= 15 is 0 Å². The van der Waals surface area contributed by atoms with Crippen molar-refractivity contribution >= 4 is 29.1 Å². The third kappa shape index (κ3) is 3.37. The lowest BCUT2D eigenvalue weighted by atomic mass is 10.2. The summed E-state index contributed by atoms with van der Waals surface area (Å²) in [5, 5.41) is 1.59. The molecule has 8 heteroatoms.